The van der Waals surface area contributed by atoms with Gasteiger partial charge in [0.05, 0.1) is 0 Å². The van der Waals surface area contributed by atoms with Crippen LogP contribution in [0.1, 0.15) is 55.1 Å². The third-order valence-corrected chi connectivity index (χ3v) is 4.19. The highest BCUT2D eigenvalue weighted by Gasteiger charge is 2.36. The fraction of sp³-hybridized carbons (Fsp3) is 0.625. The van der Waals surface area contributed by atoms with Gasteiger partial charge in [-0.25, -0.2) is 4.98 Å². The van der Waals surface area contributed by atoms with Crippen molar-refractivity contribution < 1.29 is 4.79 Å². The first-order chi connectivity index (χ1) is 9.67. The molecule has 0 unspecified atom stereocenters. The van der Waals surface area contributed by atoms with Crippen LogP contribution < -0.4 is 0 Å². The van der Waals surface area contributed by atoms with Crippen LogP contribution in [0.4, 0.5) is 0 Å². The summed E-state index contributed by atoms with van der Waals surface area (Å²) in [5, 5.41) is 0.432. The lowest BCUT2D eigenvalue weighted by atomic mass is 10.1. The van der Waals surface area contributed by atoms with Gasteiger partial charge < -0.3 is 4.90 Å². The van der Waals surface area contributed by atoms with Gasteiger partial charge in [0.25, 0.3) is 5.91 Å². The summed E-state index contributed by atoms with van der Waals surface area (Å²) in [6.07, 6.45) is 6.73. The van der Waals surface area contributed by atoms with Crippen molar-refractivity contribution in [2.45, 2.75) is 51.5 Å². The number of aryl methyl sites for hydroxylation is 1. The third kappa shape index (κ3) is 3.32. The molecule has 0 bridgehead atoms. The highest BCUT2D eigenvalue weighted by atomic mass is 35.5. The topological polar surface area (TPSA) is 33.2 Å². The molecule has 2 aliphatic rings. The molecule has 2 aliphatic carbocycles. The lowest BCUT2D eigenvalue weighted by molar-refractivity contribution is 0.0734. The molecule has 0 radical (unpaired) electrons. The maximum atomic E-state index is 12.7. The average Bonchev–Trinajstić information content (AvgIpc) is 3.26. The molecule has 3 rings (SSSR count). The van der Waals surface area contributed by atoms with E-state index in [0.29, 0.717) is 16.8 Å². The van der Waals surface area contributed by atoms with E-state index in [1.165, 1.54) is 12.8 Å². The number of pyridine rings is 1. The van der Waals surface area contributed by atoms with Gasteiger partial charge >= 0.3 is 0 Å². The summed E-state index contributed by atoms with van der Waals surface area (Å²) in [5.41, 5.74) is 1.63. The zero-order valence-electron chi connectivity index (χ0n) is 11.9. The van der Waals surface area contributed by atoms with Crippen LogP contribution >= 0.6 is 11.6 Å². The van der Waals surface area contributed by atoms with Gasteiger partial charge in [0.1, 0.15) is 5.15 Å². The number of hydrogen-bond acceptors (Lipinski definition) is 2. The van der Waals surface area contributed by atoms with Crippen LogP contribution in [0.5, 0.6) is 0 Å². The molecule has 3 nitrogen and oxygen atoms in total. The van der Waals surface area contributed by atoms with Crippen molar-refractivity contribution in [3.8, 4) is 0 Å². The van der Waals surface area contributed by atoms with Gasteiger partial charge in [0.15, 0.2) is 0 Å². The van der Waals surface area contributed by atoms with E-state index in [1.54, 1.807) is 6.07 Å². The number of hydrogen-bond donors (Lipinski definition) is 0. The number of aromatic nitrogens is 1. The normalized spacial score (nSPS) is 18.1. The Balaban J connectivity index is 1.80. The molecule has 1 aromatic rings. The predicted molar refractivity (Wildman–Crippen MR) is 80.0 cm³/mol. The van der Waals surface area contributed by atoms with Crippen molar-refractivity contribution in [2.75, 3.05) is 6.54 Å². The first-order valence-electron chi connectivity index (χ1n) is 7.64. The number of carbonyl (C=O) groups excluding carboxylic acids is 1. The van der Waals surface area contributed by atoms with Crippen molar-refractivity contribution >= 4 is 17.5 Å². The zero-order valence-corrected chi connectivity index (χ0v) is 12.7. The Kier molecular flexibility index (Phi) is 3.97. The summed E-state index contributed by atoms with van der Waals surface area (Å²) >= 11 is 6.07. The summed E-state index contributed by atoms with van der Waals surface area (Å²) < 4.78 is 0. The van der Waals surface area contributed by atoms with E-state index in [2.05, 4.69) is 16.8 Å². The highest BCUT2D eigenvalue weighted by Crippen LogP contribution is 2.35. The first-order valence-corrected chi connectivity index (χ1v) is 8.02. The summed E-state index contributed by atoms with van der Waals surface area (Å²) in [5.74, 6) is 0.869. The minimum Gasteiger partial charge on any atom is -0.335 e. The molecule has 0 aromatic carbocycles. The van der Waals surface area contributed by atoms with E-state index >= 15 is 0 Å². The lowest BCUT2D eigenvalue weighted by Crippen LogP contribution is -2.35. The SMILES string of the molecule is CCCc1cc(C(=O)N(CC2CC2)C2CC2)cc(Cl)n1. The van der Waals surface area contributed by atoms with Crippen molar-refractivity contribution in [1.29, 1.82) is 0 Å². The van der Waals surface area contributed by atoms with Gasteiger partial charge in [-0.1, -0.05) is 24.9 Å². The fourth-order valence-electron chi connectivity index (χ4n) is 2.59. The minimum absolute atomic E-state index is 0.140. The second-order valence-corrected chi connectivity index (χ2v) is 6.44. The van der Waals surface area contributed by atoms with Gasteiger partial charge in [0.2, 0.25) is 0 Å². The molecule has 108 valence electrons. The standard InChI is InChI=1S/C16H21ClN2O/c1-2-3-13-8-12(9-15(17)18-13)16(20)19(14-6-7-14)10-11-4-5-11/h8-9,11,14H,2-7,10H2,1H3. The second kappa shape index (κ2) is 5.72. The summed E-state index contributed by atoms with van der Waals surface area (Å²) in [6, 6.07) is 4.09. The van der Waals surface area contributed by atoms with Gasteiger partial charge in [-0.15, -0.1) is 0 Å². The predicted octanol–water partition coefficient (Wildman–Crippen LogP) is 3.70. The molecule has 1 amide bonds. The molecule has 1 aromatic heterocycles. The van der Waals surface area contributed by atoms with E-state index in [1.807, 2.05) is 6.07 Å². The number of nitrogens with zero attached hydrogens (tertiary/aromatic N) is 2. The molecule has 0 atom stereocenters. The number of carbonyl (C=O) groups is 1. The van der Waals surface area contributed by atoms with Crippen molar-refractivity contribution in [2.24, 2.45) is 5.92 Å². The van der Waals surface area contributed by atoms with Gasteiger partial charge in [-0.2, -0.15) is 0 Å². The van der Waals surface area contributed by atoms with Gasteiger partial charge in [-0.05, 0) is 50.2 Å². The summed E-state index contributed by atoms with van der Waals surface area (Å²) in [4.78, 5) is 19.1. The molecule has 2 fully saturated rings. The first kappa shape index (κ1) is 13.9. The van der Waals surface area contributed by atoms with E-state index in [-0.39, 0.29) is 5.91 Å². The van der Waals surface area contributed by atoms with E-state index in [4.69, 9.17) is 11.6 Å². The fourth-order valence-corrected chi connectivity index (χ4v) is 2.81. The van der Waals surface area contributed by atoms with E-state index < -0.39 is 0 Å². The van der Waals surface area contributed by atoms with Crippen LogP contribution in [0.25, 0.3) is 0 Å². The number of halogens is 1. The smallest absolute Gasteiger partial charge is 0.254 e. The second-order valence-electron chi connectivity index (χ2n) is 6.05. The highest BCUT2D eigenvalue weighted by molar-refractivity contribution is 6.29. The molecule has 0 N–H and O–H groups in total. The Labute approximate surface area is 125 Å². The largest absolute Gasteiger partial charge is 0.335 e. The molecule has 1 heterocycles. The molecule has 0 saturated heterocycles. The molecular formula is C16H21ClN2O. The summed E-state index contributed by atoms with van der Waals surface area (Å²) in [6.45, 7) is 3.03. The van der Waals surface area contributed by atoms with Crippen LogP contribution in [-0.4, -0.2) is 28.4 Å². The van der Waals surface area contributed by atoms with Crippen molar-refractivity contribution in [3.05, 3.63) is 28.5 Å². The number of amides is 1. The Morgan fingerprint density at radius 1 is 1.35 bits per heavy atom. The molecule has 0 aliphatic heterocycles. The Morgan fingerprint density at radius 2 is 2.10 bits per heavy atom. The van der Waals surface area contributed by atoms with Crippen LogP contribution in [0, 0.1) is 5.92 Å². The van der Waals surface area contributed by atoms with Crippen LogP contribution in [-0.2, 0) is 6.42 Å². The maximum absolute atomic E-state index is 12.7. The van der Waals surface area contributed by atoms with E-state index in [0.717, 1.165) is 43.8 Å². The van der Waals surface area contributed by atoms with Crippen LogP contribution in [0.15, 0.2) is 12.1 Å². The monoisotopic (exact) mass is 292 g/mol. The minimum atomic E-state index is 0.140. The Bertz CT molecular complexity index is 509. The summed E-state index contributed by atoms with van der Waals surface area (Å²) in [7, 11) is 0. The Hall–Kier alpha value is -1.09. The molecule has 2 saturated carbocycles. The molecule has 0 spiro atoms. The van der Waals surface area contributed by atoms with Crippen molar-refractivity contribution in [3.63, 3.8) is 0 Å². The molecule has 4 heteroatoms. The van der Waals surface area contributed by atoms with Crippen LogP contribution in [0.2, 0.25) is 5.15 Å². The third-order valence-electron chi connectivity index (χ3n) is 4.00. The Morgan fingerprint density at radius 3 is 2.70 bits per heavy atom. The lowest BCUT2D eigenvalue weighted by Gasteiger charge is -2.22. The maximum Gasteiger partial charge on any atom is 0.254 e. The van der Waals surface area contributed by atoms with Crippen molar-refractivity contribution in [1.82, 2.24) is 9.88 Å². The number of rotatable bonds is 6. The molecule has 20 heavy (non-hydrogen) atoms. The molecular weight excluding hydrogens is 272 g/mol. The average molecular weight is 293 g/mol. The van der Waals surface area contributed by atoms with Gasteiger partial charge in [-0.3, -0.25) is 4.79 Å². The van der Waals surface area contributed by atoms with E-state index in [9.17, 15) is 4.79 Å². The van der Waals surface area contributed by atoms with Crippen LogP contribution in [0.3, 0.4) is 0 Å². The zero-order chi connectivity index (χ0) is 14.1. The van der Waals surface area contributed by atoms with Gasteiger partial charge in [0, 0.05) is 23.8 Å². The quantitative estimate of drug-likeness (QED) is 0.749.